The van der Waals surface area contributed by atoms with Crippen molar-refractivity contribution in [2.75, 3.05) is 6.54 Å². The zero-order valence-corrected chi connectivity index (χ0v) is 30.5. The fraction of sp³-hybridized carbons (Fsp3) is 0.625. The van der Waals surface area contributed by atoms with Crippen LogP contribution >= 0.6 is 0 Å². The molecule has 8 amide bonds. The molecule has 1 rings (SSSR count). The predicted molar refractivity (Wildman–Crippen MR) is 187 cm³/mol. The summed E-state index contributed by atoms with van der Waals surface area (Å²) in [5.74, 6) is -8.39. The van der Waals surface area contributed by atoms with Gasteiger partial charge in [0.05, 0.1) is 19.3 Å². The molecule has 1 aromatic rings. The largest absolute Gasteiger partial charge is 0.480 e. The summed E-state index contributed by atoms with van der Waals surface area (Å²) in [4.78, 5) is 120. The molecule has 0 spiro atoms. The summed E-state index contributed by atoms with van der Waals surface area (Å²) in [6, 6.07) is -8.12. The van der Waals surface area contributed by atoms with Gasteiger partial charge in [0.15, 0.2) is 0 Å². The molecule has 6 atom stereocenters. The molecule has 0 radical (unpaired) electrons. The lowest BCUT2D eigenvalue weighted by Crippen LogP contribution is -2.60. The van der Waals surface area contributed by atoms with Gasteiger partial charge in [-0.15, -0.1) is 0 Å². The fourth-order valence-corrected chi connectivity index (χ4v) is 4.93. The van der Waals surface area contributed by atoms with Crippen molar-refractivity contribution >= 4 is 53.2 Å². The number of aromatic amines is 1. The Kier molecular flexibility index (Phi) is 19.2. The normalized spacial score (nSPS) is 14.4. The van der Waals surface area contributed by atoms with E-state index in [-0.39, 0.29) is 50.5 Å². The second-order valence-electron chi connectivity index (χ2n) is 13.4. The van der Waals surface area contributed by atoms with E-state index < -0.39 is 95.9 Å². The number of H-pyrrole nitrogens is 1. The molecule has 53 heavy (non-hydrogen) atoms. The van der Waals surface area contributed by atoms with Crippen LogP contribution in [0.25, 0.3) is 0 Å². The summed E-state index contributed by atoms with van der Waals surface area (Å²) in [5.41, 5.74) is 16.3. The van der Waals surface area contributed by atoms with Crippen molar-refractivity contribution in [3.63, 3.8) is 0 Å². The Morgan fingerprint density at radius 3 is 1.64 bits per heavy atom. The molecule has 1 aromatic heterocycles. The van der Waals surface area contributed by atoms with Gasteiger partial charge in [0.1, 0.15) is 36.3 Å². The number of carboxylic acids is 1. The number of carboxylic acid groups (broad SMARTS) is 1. The number of hydrogen-bond donors (Lipinski definition) is 11. The molecule has 1 heterocycles. The number of imidazole rings is 1. The van der Waals surface area contributed by atoms with Crippen molar-refractivity contribution in [3.05, 3.63) is 18.2 Å². The molecule has 296 valence electrons. The fourth-order valence-electron chi connectivity index (χ4n) is 4.93. The summed E-state index contributed by atoms with van der Waals surface area (Å²) in [6.07, 6.45) is 1.58. The van der Waals surface area contributed by atoms with Gasteiger partial charge in [-0.25, -0.2) is 9.78 Å². The number of nitrogens with one attached hydrogen (secondary N) is 7. The van der Waals surface area contributed by atoms with Crippen molar-refractivity contribution in [1.82, 2.24) is 41.9 Å². The van der Waals surface area contributed by atoms with Gasteiger partial charge in [-0.05, 0) is 38.0 Å². The van der Waals surface area contributed by atoms with E-state index in [2.05, 4.69) is 41.9 Å². The van der Waals surface area contributed by atoms with Crippen molar-refractivity contribution in [2.45, 2.75) is 109 Å². The second kappa shape index (κ2) is 22.4. The number of aromatic nitrogens is 2. The SMILES string of the molecule is CC(C)C[C@H](NC(=O)CN)C(=O)N[C@@H](Cc1cnc[nH]1)C(=O)N[C@@H](C)C(=O)N[C@@H](CC(N)=O)C(=O)N[C@@H](CC(C)C)C(=O)N[C@@H](CCC(N)=O)C(=O)O. The molecule has 0 aliphatic rings. The number of aliphatic carboxylic acids is 1. The quantitative estimate of drug-likeness (QED) is 0.0484. The highest BCUT2D eigenvalue weighted by Crippen LogP contribution is 2.09. The second-order valence-corrected chi connectivity index (χ2v) is 13.4. The Morgan fingerprint density at radius 2 is 1.17 bits per heavy atom. The van der Waals surface area contributed by atoms with Crippen LogP contribution in [0.1, 0.15) is 72.4 Å². The van der Waals surface area contributed by atoms with Crippen LogP contribution in [0.2, 0.25) is 0 Å². The van der Waals surface area contributed by atoms with Gasteiger partial charge in [-0.2, -0.15) is 0 Å². The van der Waals surface area contributed by atoms with Crippen LogP contribution in [0, 0.1) is 11.8 Å². The van der Waals surface area contributed by atoms with Gasteiger partial charge >= 0.3 is 5.97 Å². The molecule has 0 saturated heterocycles. The average molecular weight is 752 g/mol. The van der Waals surface area contributed by atoms with Crippen molar-refractivity contribution in [2.24, 2.45) is 29.0 Å². The molecule has 21 nitrogen and oxygen atoms in total. The first-order valence-electron chi connectivity index (χ1n) is 17.0. The minimum atomic E-state index is -1.63. The maximum Gasteiger partial charge on any atom is 0.326 e. The van der Waals surface area contributed by atoms with Crippen LogP contribution < -0.4 is 49.1 Å². The minimum Gasteiger partial charge on any atom is -0.480 e. The summed E-state index contributed by atoms with van der Waals surface area (Å²) < 4.78 is 0. The molecule has 0 unspecified atom stereocenters. The highest BCUT2D eigenvalue weighted by atomic mass is 16.4. The molecular formula is C32H53N11O10. The Morgan fingerprint density at radius 1 is 0.679 bits per heavy atom. The standard InChI is InChI=1S/C32H53N11O10/c1-15(2)8-20(39-26(46)12-33)29(49)43-22(10-18-13-36-14-37-18)28(48)38-17(5)27(47)41-23(11-25(35)45)31(51)42-21(9-16(3)4)30(50)40-19(32(52)53)6-7-24(34)44/h13-17,19-23H,6-12,33H2,1-5H3,(H2,34,44)(H2,35,45)(H,36,37)(H,38,48)(H,39,46)(H,40,50)(H,41,47)(H,42,51)(H,43,49)(H,52,53)/t17-,19-,20-,21-,22-,23-/m0/s1. The zero-order valence-electron chi connectivity index (χ0n) is 30.5. The van der Waals surface area contributed by atoms with Crippen LogP contribution in [-0.2, 0) is 49.6 Å². The van der Waals surface area contributed by atoms with Crippen LogP contribution in [0.4, 0.5) is 0 Å². The van der Waals surface area contributed by atoms with Crippen molar-refractivity contribution in [1.29, 1.82) is 0 Å². The lowest BCUT2D eigenvalue weighted by atomic mass is 10.0. The van der Waals surface area contributed by atoms with Gasteiger partial charge < -0.3 is 59.2 Å². The summed E-state index contributed by atoms with van der Waals surface area (Å²) in [6.45, 7) is 8.03. The predicted octanol–water partition coefficient (Wildman–Crippen LogP) is -3.84. The highest BCUT2D eigenvalue weighted by Gasteiger charge is 2.33. The van der Waals surface area contributed by atoms with Crippen LogP contribution in [-0.4, -0.2) is 111 Å². The first kappa shape index (κ1) is 45.4. The zero-order chi connectivity index (χ0) is 40.4. The maximum absolute atomic E-state index is 13.5. The molecule has 0 aromatic carbocycles. The molecule has 21 heteroatoms. The summed E-state index contributed by atoms with van der Waals surface area (Å²) >= 11 is 0. The lowest BCUT2D eigenvalue weighted by molar-refractivity contribution is -0.143. The number of amides is 8. The van der Waals surface area contributed by atoms with Crippen LogP contribution in [0.3, 0.4) is 0 Å². The Labute approximate surface area is 306 Å². The number of carbonyl (C=O) groups is 9. The van der Waals surface area contributed by atoms with Crippen LogP contribution in [0.5, 0.6) is 0 Å². The van der Waals surface area contributed by atoms with Gasteiger partial charge in [0.2, 0.25) is 47.3 Å². The van der Waals surface area contributed by atoms with Gasteiger partial charge in [-0.3, -0.25) is 38.4 Å². The van der Waals surface area contributed by atoms with Crippen molar-refractivity contribution in [3.8, 4) is 0 Å². The van der Waals surface area contributed by atoms with E-state index in [0.717, 1.165) is 0 Å². The van der Waals surface area contributed by atoms with Gasteiger partial charge in [0.25, 0.3) is 0 Å². The van der Waals surface area contributed by atoms with E-state index in [4.69, 9.17) is 17.2 Å². The Bertz CT molecular complexity index is 1450. The van der Waals surface area contributed by atoms with E-state index >= 15 is 0 Å². The number of rotatable bonds is 24. The maximum atomic E-state index is 13.5. The molecule has 0 fully saturated rings. The molecule has 0 aliphatic heterocycles. The third-order valence-electron chi connectivity index (χ3n) is 7.58. The van der Waals surface area contributed by atoms with E-state index in [9.17, 15) is 48.3 Å². The monoisotopic (exact) mass is 751 g/mol. The number of carbonyl (C=O) groups excluding carboxylic acids is 8. The van der Waals surface area contributed by atoms with Gasteiger partial charge in [-0.1, -0.05) is 27.7 Å². The topological polar surface area (TPSA) is 353 Å². The highest BCUT2D eigenvalue weighted by molar-refractivity contribution is 5.98. The third kappa shape index (κ3) is 17.5. The van der Waals surface area contributed by atoms with E-state index in [1.807, 2.05) is 13.8 Å². The molecule has 0 saturated carbocycles. The number of nitrogens with zero attached hydrogens (tertiary/aromatic N) is 1. The lowest BCUT2D eigenvalue weighted by Gasteiger charge is -2.26. The molecule has 14 N–H and O–H groups in total. The first-order chi connectivity index (χ1) is 24.7. The third-order valence-corrected chi connectivity index (χ3v) is 7.58. The summed E-state index contributed by atoms with van der Waals surface area (Å²) in [7, 11) is 0. The number of nitrogens with two attached hydrogens (primary N) is 3. The van der Waals surface area contributed by atoms with E-state index in [1.54, 1.807) is 13.8 Å². The average Bonchev–Trinajstić information content (AvgIpc) is 3.57. The minimum absolute atomic E-state index is 0.0147. The van der Waals surface area contributed by atoms with E-state index in [1.165, 1.54) is 19.4 Å². The number of primary amides is 2. The number of hydrogen-bond acceptors (Lipinski definition) is 11. The van der Waals surface area contributed by atoms with Crippen molar-refractivity contribution < 1.29 is 48.3 Å². The molecular weight excluding hydrogens is 698 g/mol. The first-order valence-corrected chi connectivity index (χ1v) is 17.0. The van der Waals surface area contributed by atoms with Crippen LogP contribution in [0.15, 0.2) is 12.5 Å². The Hall–Kier alpha value is -5.60. The van der Waals surface area contributed by atoms with Gasteiger partial charge in [0, 0.05) is 24.7 Å². The molecule has 0 aliphatic carbocycles. The molecule has 0 bridgehead atoms. The Balaban J connectivity index is 3.16. The smallest absolute Gasteiger partial charge is 0.326 e. The summed E-state index contributed by atoms with van der Waals surface area (Å²) in [5, 5.41) is 24.1. The van der Waals surface area contributed by atoms with E-state index in [0.29, 0.717) is 5.69 Å².